The predicted octanol–water partition coefficient (Wildman–Crippen LogP) is 1.85. The summed E-state index contributed by atoms with van der Waals surface area (Å²) >= 11 is 0. The number of rotatable bonds is 5. The van der Waals surface area contributed by atoms with Crippen molar-refractivity contribution in [3.63, 3.8) is 0 Å². The second-order valence-electron chi connectivity index (χ2n) is 5.18. The zero-order chi connectivity index (χ0) is 17.9. The van der Waals surface area contributed by atoms with Crippen LogP contribution in [-0.4, -0.2) is 20.2 Å². The third kappa shape index (κ3) is 3.90. The highest BCUT2D eigenvalue weighted by molar-refractivity contribution is 7.92. The number of primary amides is 1. The summed E-state index contributed by atoms with van der Waals surface area (Å²) in [4.78, 5) is 22.6. The number of carbonyl (C=O) groups is 2. The summed E-state index contributed by atoms with van der Waals surface area (Å²) in [6, 6.07) is 10.6. The van der Waals surface area contributed by atoms with Crippen LogP contribution in [0.4, 0.5) is 11.4 Å². The maximum absolute atomic E-state index is 12.7. The molecule has 0 fully saturated rings. The lowest BCUT2D eigenvalue weighted by atomic mass is 10.2. The lowest BCUT2D eigenvalue weighted by molar-refractivity contribution is -0.114. The minimum absolute atomic E-state index is 0.00646. The van der Waals surface area contributed by atoms with Gasteiger partial charge in [-0.15, -0.1) is 0 Å². The summed E-state index contributed by atoms with van der Waals surface area (Å²) in [5, 5.41) is 2.53. The Balaban J connectivity index is 2.45. The molecule has 0 aliphatic heterocycles. The number of carbonyl (C=O) groups excluding carboxylic acids is 2. The Morgan fingerprint density at radius 2 is 1.75 bits per heavy atom. The van der Waals surface area contributed by atoms with Crippen LogP contribution in [0, 0.1) is 6.92 Å². The maximum Gasteiger partial charge on any atom is 0.262 e. The van der Waals surface area contributed by atoms with Crippen LogP contribution in [0.25, 0.3) is 0 Å². The summed E-state index contributed by atoms with van der Waals surface area (Å²) in [7, 11) is -3.97. The molecule has 7 nitrogen and oxygen atoms in total. The van der Waals surface area contributed by atoms with E-state index in [1.165, 1.54) is 25.1 Å². The molecule has 4 N–H and O–H groups in total. The third-order valence-electron chi connectivity index (χ3n) is 3.23. The molecule has 0 aliphatic rings. The van der Waals surface area contributed by atoms with Crippen LogP contribution in [0.5, 0.6) is 0 Å². The quantitative estimate of drug-likeness (QED) is 0.765. The topological polar surface area (TPSA) is 118 Å². The van der Waals surface area contributed by atoms with Gasteiger partial charge in [0.1, 0.15) is 0 Å². The first-order chi connectivity index (χ1) is 11.2. The van der Waals surface area contributed by atoms with E-state index in [0.717, 1.165) is 0 Å². The van der Waals surface area contributed by atoms with Gasteiger partial charge in [0.25, 0.3) is 15.9 Å². The van der Waals surface area contributed by atoms with E-state index >= 15 is 0 Å². The number of sulfonamides is 1. The number of aryl methyl sites for hydroxylation is 1. The molecule has 0 spiro atoms. The van der Waals surface area contributed by atoms with Crippen LogP contribution in [0.3, 0.4) is 0 Å². The molecule has 0 radical (unpaired) electrons. The zero-order valence-electron chi connectivity index (χ0n) is 13.2. The molecule has 0 atom stereocenters. The Bertz CT molecular complexity index is 907. The number of para-hydroxylation sites is 1. The largest absolute Gasteiger partial charge is 0.366 e. The Kier molecular flexibility index (Phi) is 4.89. The van der Waals surface area contributed by atoms with E-state index < -0.39 is 15.9 Å². The highest BCUT2D eigenvalue weighted by Gasteiger charge is 2.20. The Morgan fingerprint density at radius 3 is 2.38 bits per heavy atom. The maximum atomic E-state index is 12.7. The van der Waals surface area contributed by atoms with Crippen molar-refractivity contribution in [3.8, 4) is 0 Å². The van der Waals surface area contributed by atoms with Crippen LogP contribution < -0.4 is 15.8 Å². The molecule has 0 aromatic heterocycles. The van der Waals surface area contributed by atoms with Crippen LogP contribution in [0.1, 0.15) is 22.8 Å². The van der Waals surface area contributed by atoms with E-state index in [-0.39, 0.29) is 22.1 Å². The molecule has 0 heterocycles. The van der Waals surface area contributed by atoms with Gasteiger partial charge in [-0.3, -0.25) is 14.3 Å². The SMILES string of the molecule is CC(=O)Nc1ccc(C)c(S(=O)(=O)Nc2ccccc2C(N)=O)c1. The normalized spacial score (nSPS) is 10.9. The molecule has 126 valence electrons. The minimum atomic E-state index is -3.97. The van der Waals surface area contributed by atoms with Crippen LogP contribution in [-0.2, 0) is 14.8 Å². The van der Waals surface area contributed by atoms with Gasteiger partial charge in [-0.05, 0) is 36.8 Å². The van der Waals surface area contributed by atoms with Crippen molar-refractivity contribution in [2.24, 2.45) is 5.73 Å². The van der Waals surface area contributed by atoms with Crippen molar-refractivity contribution in [2.45, 2.75) is 18.7 Å². The van der Waals surface area contributed by atoms with E-state index in [1.807, 2.05) is 0 Å². The average Bonchev–Trinajstić information content (AvgIpc) is 2.48. The van der Waals surface area contributed by atoms with E-state index in [2.05, 4.69) is 10.0 Å². The van der Waals surface area contributed by atoms with Gasteiger partial charge in [-0.2, -0.15) is 0 Å². The highest BCUT2D eigenvalue weighted by Crippen LogP contribution is 2.24. The standard InChI is InChI=1S/C16H17N3O4S/c1-10-7-8-12(18-11(2)20)9-15(10)24(22,23)19-14-6-4-3-5-13(14)16(17)21/h3-9,19H,1-2H3,(H2,17,21)(H,18,20). The van der Waals surface area contributed by atoms with Gasteiger partial charge in [0.05, 0.1) is 16.1 Å². The number of nitrogens with one attached hydrogen (secondary N) is 2. The number of anilines is 2. The number of benzene rings is 2. The fourth-order valence-corrected chi connectivity index (χ4v) is 3.51. The number of hydrogen-bond donors (Lipinski definition) is 3. The van der Waals surface area contributed by atoms with Crippen LogP contribution >= 0.6 is 0 Å². The molecule has 2 rings (SSSR count). The number of nitrogens with two attached hydrogens (primary N) is 1. The Hall–Kier alpha value is -2.87. The fourth-order valence-electron chi connectivity index (χ4n) is 2.16. The van der Waals surface area contributed by atoms with Gasteiger partial charge < -0.3 is 11.1 Å². The third-order valence-corrected chi connectivity index (χ3v) is 4.74. The summed E-state index contributed by atoms with van der Waals surface area (Å²) in [6.45, 7) is 2.96. The first-order valence-corrected chi connectivity index (χ1v) is 8.49. The fraction of sp³-hybridized carbons (Fsp3) is 0.125. The zero-order valence-corrected chi connectivity index (χ0v) is 14.0. The number of amides is 2. The second kappa shape index (κ2) is 6.71. The van der Waals surface area contributed by atoms with Crippen molar-refractivity contribution in [1.29, 1.82) is 0 Å². The van der Waals surface area contributed by atoms with E-state index in [4.69, 9.17) is 5.73 Å². The van der Waals surface area contributed by atoms with E-state index in [9.17, 15) is 18.0 Å². The van der Waals surface area contributed by atoms with Gasteiger partial charge in [-0.25, -0.2) is 8.42 Å². The monoisotopic (exact) mass is 347 g/mol. The summed E-state index contributed by atoms with van der Waals surface area (Å²) in [5.74, 6) is -1.05. The molecule has 0 unspecified atom stereocenters. The van der Waals surface area contributed by atoms with Gasteiger partial charge in [0, 0.05) is 12.6 Å². The molecule has 24 heavy (non-hydrogen) atoms. The van der Waals surface area contributed by atoms with Crippen molar-refractivity contribution in [1.82, 2.24) is 0 Å². The molecule has 0 saturated carbocycles. The summed E-state index contributed by atoms with van der Waals surface area (Å²) < 4.78 is 27.7. The molecule has 0 saturated heterocycles. The number of hydrogen-bond acceptors (Lipinski definition) is 4. The van der Waals surface area contributed by atoms with Crippen molar-refractivity contribution >= 4 is 33.2 Å². The molecular weight excluding hydrogens is 330 g/mol. The van der Waals surface area contributed by atoms with Crippen molar-refractivity contribution in [3.05, 3.63) is 53.6 Å². The first kappa shape index (κ1) is 17.5. The summed E-state index contributed by atoms with van der Waals surface area (Å²) in [5.41, 5.74) is 6.27. The molecule has 0 bridgehead atoms. The van der Waals surface area contributed by atoms with Gasteiger partial charge in [-0.1, -0.05) is 18.2 Å². The van der Waals surface area contributed by atoms with Gasteiger partial charge in [0.2, 0.25) is 5.91 Å². The van der Waals surface area contributed by atoms with Crippen LogP contribution in [0.15, 0.2) is 47.4 Å². The van der Waals surface area contributed by atoms with Crippen molar-refractivity contribution < 1.29 is 18.0 Å². The molecule has 0 aliphatic carbocycles. The van der Waals surface area contributed by atoms with E-state index in [1.54, 1.807) is 31.2 Å². The Morgan fingerprint density at radius 1 is 1.08 bits per heavy atom. The smallest absolute Gasteiger partial charge is 0.262 e. The second-order valence-corrected chi connectivity index (χ2v) is 6.83. The lowest BCUT2D eigenvalue weighted by Gasteiger charge is -2.14. The highest BCUT2D eigenvalue weighted by atomic mass is 32.2. The lowest BCUT2D eigenvalue weighted by Crippen LogP contribution is -2.19. The molecule has 2 aromatic carbocycles. The molecule has 2 amide bonds. The predicted molar refractivity (Wildman–Crippen MR) is 91.3 cm³/mol. The van der Waals surface area contributed by atoms with E-state index in [0.29, 0.717) is 11.3 Å². The van der Waals surface area contributed by atoms with Crippen LogP contribution in [0.2, 0.25) is 0 Å². The van der Waals surface area contributed by atoms with Gasteiger partial charge >= 0.3 is 0 Å². The minimum Gasteiger partial charge on any atom is -0.366 e. The van der Waals surface area contributed by atoms with Gasteiger partial charge in [0.15, 0.2) is 0 Å². The van der Waals surface area contributed by atoms with Crippen molar-refractivity contribution in [2.75, 3.05) is 10.0 Å². The first-order valence-electron chi connectivity index (χ1n) is 7.00. The average molecular weight is 347 g/mol. The molecular formula is C16H17N3O4S. The summed E-state index contributed by atoms with van der Waals surface area (Å²) in [6.07, 6.45) is 0. The Labute approximate surface area is 139 Å². The molecule has 2 aromatic rings. The molecule has 8 heteroatoms.